The normalized spacial score (nSPS) is 20.9. The molecule has 6 heteroatoms. The molecule has 0 atom stereocenters. The Kier molecular flexibility index (Phi) is 5.29. The molecule has 4 rings (SSSR count). The van der Waals surface area contributed by atoms with Crippen LogP contribution in [0.1, 0.15) is 61.0 Å². The maximum absolute atomic E-state index is 13.1. The Bertz CT molecular complexity index is 717. The Labute approximate surface area is 153 Å². The van der Waals surface area contributed by atoms with Crippen molar-refractivity contribution in [3.8, 4) is 5.75 Å². The number of fused-ring (bicyclic) bond motifs is 1. The first-order valence-corrected chi connectivity index (χ1v) is 10.0. The van der Waals surface area contributed by atoms with E-state index in [1.165, 1.54) is 25.3 Å². The highest BCUT2D eigenvalue weighted by Gasteiger charge is 2.28. The topological polar surface area (TPSA) is 69.6 Å². The fourth-order valence-electron chi connectivity index (χ4n) is 3.96. The van der Waals surface area contributed by atoms with Gasteiger partial charge in [0.05, 0.1) is 19.8 Å². The van der Waals surface area contributed by atoms with Crippen LogP contribution in [0.3, 0.4) is 0 Å². The van der Waals surface area contributed by atoms with Crippen molar-refractivity contribution in [3.63, 3.8) is 0 Å². The standard InChI is InChI=1S/C20H28N2O4/c23-18-12-17(26-13-14-6-7-14)19(16-8-10-25-11-9-22(16)18)20(24)21-15-4-2-1-3-5-15/h12,14-15H,1-11,13H2,(H,21,24). The molecule has 1 amide bonds. The first kappa shape index (κ1) is 17.6. The molecule has 0 unspecified atom stereocenters. The van der Waals surface area contributed by atoms with E-state index >= 15 is 0 Å². The van der Waals surface area contributed by atoms with Crippen LogP contribution in [0.25, 0.3) is 0 Å². The summed E-state index contributed by atoms with van der Waals surface area (Å²) < 4.78 is 13.2. The predicted octanol–water partition coefficient (Wildman–Crippen LogP) is 2.27. The van der Waals surface area contributed by atoms with Gasteiger partial charge >= 0.3 is 0 Å². The van der Waals surface area contributed by atoms with Crippen LogP contribution in [0.15, 0.2) is 10.9 Å². The second kappa shape index (κ2) is 7.82. The van der Waals surface area contributed by atoms with Gasteiger partial charge in [0.1, 0.15) is 11.3 Å². The van der Waals surface area contributed by atoms with Gasteiger partial charge < -0.3 is 19.4 Å². The third kappa shape index (κ3) is 3.95. The van der Waals surface area contributed by atoms with Crippen LogP contribution in [-0.4, -0.2) is 36.3 Å². The summed E-state index contributed by atoms with van der Waals surface area (Å²) >= 11 is 0. The van der Waals surface area contributed by atoms with Crippen LogP contribution < -0.4 is 15.6 Å². The minimum atomic E-state index is -0.106. The summed E-state index contributed by atoms with van der Waals surface area (Å²) in [5, 5.41) is 3.19. The second-order valence-corrected chi connectivity index (χ2v) is 7.75. The van der Waals surface area contributed by atoms with Crippen LogP contribution >= 0.6 is 0 Å². The van der Waals surface area contributed by atoms with E-state index < -0.39 is 0 Å². The lowest BCUT2D eigenvalue weighted by Gasteiger charge is -2.24. The van der Waals surface area contributed by atoms with Gasteiger partial charge in [-0.05, 0) is 31.6 Å². The average molecular weight is 360 g/mol. The zero-order valence-electron chi connectivity index (χ0n) is 15.3. The Hall–Kier alpha value is -1.82. The van der Waals surface area contributed by atoms with Gasteiger partial charge in [-0.15, -0.1) is 0 Å². The third-order valence-corrected chi connectivity index (χ3v) is 5.66. The minimum absolute atomic E-state index is 0.103. The molecular formula is C20H28N2O4. The van der Waals surface area contributed by atoms with Crippen LogP contribution in [0, 0.1) is 5.92 Å². The van der Waals surface area contributed by atoms with Crippen LogP contribution in [-0.2, 0) is 17.7 Å². The van der Waals surface area contributed by atoms with E-state index in [2.05, 4.69) is 5.32 Å². The Morgan fingerprint density at radius 3 is 2.77 bits per heavy atom. The molecule has 26 heavy (non-hydrogen) atoms. The van der Waals surface area contributed by atoms with Crippen LogP contribution in [0.2, 0.25) is 0 Å². The fraction of sp³-hybridized carbons (Fsp3) is 0.700. The number of nitrogens with one attached hydrogen (secondary N) is 1. The largest absolute Gasteiger partial charge is 0.492 e. The van der Waals surface area contributed by atoms with Crippen LogP contribution in [0.4, 0.5) is 0 Å². The lowest BCUT2D eigenvalue weighted by molar-refractivity contribution is 0.0921. The zero-order chi connectivity index (χ0) is 17.9. The Morgan fingerprint density at radius 2 is 2.00 bits per heavy atom. The van der Waals surface area contributed by atoms with Crippen molar-refractivity contribution in [1.29, 1.82) is 0 Å². The molecule has 1 aromatic heterocycles. The van der Waals surface area contributed by atoms with E-state index in [0.717, 1.165) is 31.4 Å². The molecular weight excluding hydrogens is 332 g/mol. The average Bonchev–Trinajstić information content (AvgIpc) is 3.47. The van der Waals surface area contributed by atoms with Gasteiger partial charge in [0.25, 0.3) is 11.5 Å². The highest BCUT2D eigenvalue weighted by atomic mass is 16.5. The number of nitrogens with zero attached hydrogens (tertiary/aromatic N) is 1. The van der Waals surface area contributed by atoms with Crippen LogP contribution in [0.5, 0.6) is 5.75 Å². The van der Waals surface area contributed by atoms with Crippen molar-refractivity contribution >= 4 is 5.91 Å². The van der Waals surface area contributed by atoms with E-state index in [-0.39, 0.29) is 17.5 Å². The molecule has 142 valence electrons. The molecule has 2 saturated carbocycles. The van der Waals surface area contributed by atoms with E-state index in [4.69, 9.17) is 9.47 Å². The molecule has 0 bridgehead atoms. The van der Waals surface area contributed by atoms with Gasteiger partial charge in [0.15, 0.2) is 0 Å². The van der Waals surface area contributed by atoms with Gasteiger partial charge in [-0.1, -0.05) is 19.3 Å². The maximum atomic E-state index is 13.1. The van der Waals surface area contributed by atoms with Crippen molar-refractivity contribution in [3.05, 3.63) is 27.7 Å². The highest BCUT2D eigenvalue weighted by molar-refractivity contribution is 5.98. The summed E-state index contributed by atoms with van der Waals surface area (Å²) in [5.41, 5.74) is 1.20. The number of ether oxygens (including phenoxy) is 2. The molecule has 2 heterocycles. The fourth-order valence-corrected chi connectivity index (χ4v) is 3.96. The zero-order valence-corrected chi connectivity index (χ0v) is 15.3. The summed E-state index contributed by atoms with van der Waals surface area (Å²) in [6.07, 6.45) is 8.53. The number of amides is 1. The van der Waals surface area contributed by atoms with Gasteiger partial charge in [-0.25, -0.2) is 0 Å². The van der Waals surface area contributed by atoms with E-state index in [1.807, 2.05) is 0 Å². The monoisotopic (exact) mass is 360 g/mol. The van der Waals surface area contributed by atoms with E-state index in [1.54, 1.807) is 4.57 Å². The molecule has 1 aliphatic heterocycles. The van der Waals surface area contributed by atoms with E-state index in [9.17, 15) is 9.59 Å². The number of carbonyl (C=O) groups is 1. The third-order valence-electron chi connectivity index (χ3n) is 5.66. The SMILES string of the molecule is O=C(NC1CCCCC1)c1c(OCC2CC2)cc(=O)n2c1CCOCC2. The minimum Gasteiger partial charge on any atom is -0.492 e. The molecule has 3 aliphatic rings. The van der Waals surface area contributed by atoms with E-state index in [0.29, 0.717) is 50.0 Å². The molecule has 0 radical (unpaired) electrons. The molecule has 0 aromatic carbocycles. The van der Waals surface area contributed by atoms with Gasteiger partial charge in [0.2, 0.25) is 0 Å². The smallest absolute Gasteiger partial charge is 0.257 e. The molecule has 6 nitrogen and oxygen atoms in total. The lowest BCUT2D eigenvalue weighted by atomic mass is 9.95. The van der Waals surface area contributed by atoms with Crippen molar-refractivity contribution in [2.75, 3.05) is 19.8 Å². The Balaban J connectivity index is 1.65. The highest BCUT2D eigenvalue weighted by Crippen LogP contribution is 2.31. The van der Waals surface area contributed by atoms with Gasteiger partial charge in [-0.3, -0.25) is 9.59 Å². The van der Waals surface area contributed by atoms with Gasteiger partial charge in [-0.2, -0.15) is 0 Å². The number of hydrogen-bond donors (Lipinski definition) is 1. The molecule has 0 saturated heterocycles. The number of rotatable bonds is 5. The number of aromatic nitrogens is 1. The first-order valence-electron chi connectivity index (χ1n) is 10.0. The lowest BCUT2D eigenvalue weighted by Crippen LogP contribution is -2.38. The van der Waals surface area contributed by atoms with Crippen molar-refractivity contribution < 1.29 is 14.3 Å². The summed E-state index contributed by atoms with van der Waals surface area (Å²) in [7, 11) is 0. The van der Waals surface area contributed by atoms with Crippen molar-refractivity contribution in [2.24, 2.45) is 5.92 Å². The molecule has 2 aliphatic carbocycles. The Morgan fingerprint density at radius 1 is 1.19 bits per heavy atom. The summed E-state index contributed by atoms with van der Waals surface area (Å²) in [4.78, 5) is 25.7. The summed E-state index contributed by atoms with van der Waals surface area (Å²) in [6.45, 7) is 2.10. The van der Waals surface area contributed by atoms with Crippen molar-refractivity contribution in [1.82, 2.24) is 9.88 Å². The molecule has 2 fully saturated rings. The molecule has 1 aromatic rings. The maximum Gasteiger partial charge on any atom is 0.257 e. The predicted molar refractivity (Wildman–Crippen MR) is 97.8 cm³/mol. The summed E-state index contributed by atoms with van der Waals surface area (Å²) in [5.74, 6) is 0.908. The number of pyridine rings is 1. The number of carbonyl (C=O) groups excluding carboxylic acids is 1. The quantitative estimate of drug-likeness (QED) is 0.875. The summed E-state index contributed by atoms with van der Waals surface area (Å²) in [6, 6.07) is 1.72. The first-order chi connectivity index (χ1) is 12.7. The van der Waals surface area contributed by atoms with Gasteiger partial charge in [0, 0.05) is 30.8 Å². The van der Waals surface area contributed by atoms with Crippen molar-refractivity contribution in [2.45, 2.75) is 64.0 Å². The number of hydrogen-bond acceptors (Lipinski definition) is 4. The molecule has 1 N–H and O–H groups in total. The second-order valence-electron chi connectivity index (χ2n) is 7.75. The molecule has 0 spiro atoms.